The molecular formula is C17H23N3O2. The van der Waals surface area contributed by atoms with Gasteiger partial charge in [0.2, 0.25) is 0 Å². The predicted molar refractivity (Wildman–Crippen MR) is 85.3 cm³/mol. The van der Waals surface area contributed by atoms with Crippen LogP contribution < -0.4 is 4.74 Å². The highest BCUT2D eigenvalue weighted by Gasteiger charge is 2.20. The monoisotopic (exact) mass is 301 g/mol. The minimum atomic E-state index is 0.0257. The number of fused-ring (bicyclic) bond motifs is 1. The van der Waals surface area contributed by atoms with Crippen LogP contribution in [-0.4, -0.2) is 26.9 Å². The third kappa shape index (κ3) is 2.98. The molecule has 0 saturated heterocycles. The Morgan fingerprint density at radius 3 is 2.82 bits per heavy atom. The van der Waals surface area contributed by atoms with Gasteiger partial charge in [-0.25, -0.2) is 4.98 Å². The van der Waals surface area contributed by atoms with E-state index < -0.39 is 0 Å². The van der Waals surface area contributed by atoms with Crippen LogP contribution in [0.4, 0.5) is 0 Å². The summed E-state index contributed by atoms with van der Waals surface area (Å²) in [6.45, 7) is 5.00. The molecule has 2 heterocycles. The van der Waals surface area contributed by atoms with Crippen LogP contribution in [0.3, 0.4) is 0 Å². The van der Waals surface area contributed by atoms with Crippen molar-refractivity contribution in [1.29, 1.82) is 0 Å². The van der Waals surface area contributed by atoms with Crippen molar-refractivity contribution >= 4 is 16.9 Å². The zero-order valence-corrected chi connectivity index (χ0v) is 13.3. The highest BCUT2D eigenvalue weighted by Crippen LogP contribution is 2.29. The molecule has 0 N–H and O–H groups in total. The van der Waals surface area contributed by atoms with Gasteiger partial charge in [0.05, 0.1) is 12.1 Å². The van der Waals surface area contributed by atoms with E-state index in [4.69, 9.17) is 4.74 Å². The van der Waals surface area contributed by atoms with E-state index in [1.165, 1.54) is 32.1 Å². The quantitative estimate of drug-likeness (QED) is 0.792. The Kier molecular flexibility index (Phi) is 4.41. The summed E-state index contributed by atoms with van der Waals surface area (Å²) in [7, 11) is 0. The second-order valence-electron chi connectivity index (χ2n) is 6.06. The van der Waals surface area contributed by atoms with E-state index in [1.54, 1.807) is 13.1 Å². The van der Waals surface area contributed by atoms with Gasteiger partial charge in [0.1, 0.15) is 0 Å². The van der Waals surface area contributed by atoms with Gasteiger partial charge >= 0.3 is 0 Å². The molecule has 1 saturated carbocycles. The Bertz CT molecular complexity index is 672. The smallest absolute Gasteiger partial charge is 0.298 e. The molecule has 5 heteroatoms. The molecule has 22 heavy (non-hydrogen) atoms. The number of nitrogens with zero attached hydrogens (tertiary/aromatic N) is 3. The normalized spacial score (nSPS) is 16.1. The summed E-state index contributed by atoms with van der Waals surface area (Å²) in [6.07, 6.45) is 8.06. The van der Waals surface area contributed by atoms with Crippen LogP contribution >= 0.6 is 0 Å². The molecule has 0 unspecified atom stereocenters. The second kappa shape index (κ2) is 6.46. The number of ketones is 1. The first kappa shape index (κ1) is 15.0. The number of ether oxygens (including phenoxy) is 1. The third-order valence-electron chi connectivity index (χ3n) is 4.42. The number of hydrogen-bond donors (Lipinski definition) is 0. The van der Waals surface area contributed by atoms with Crippen molar-refractivity contribution in [2.45, 2.75) is 52.5 Å². The minimum absolute atomic E-state index is 0.0257. The number of pyridine rings is 1. The number of aromatic nitrogens is 3. The van der Waals surface area contributed by atoms with E-state index >= 15 is 0 Å². The first-order chi connectivity index (χ1) is 10.7. The molecule has 0 spiro atoms. The van der Waals surface area contributed by atoms with E-state index in [2.05, 4.69) is 14.5 Å². The van der Waals surface area contributed by atoms with Crippen LogP contribution in [0.1, 0.15) is 56.3 Å². The molecule has 0 bridgehead atoms. The molecule has 1 aliphatic rings. The number of hydrogen-bond acceptors (Lipinski definition) is 4. The van der Waals surface area contributed by atoms with Crippen molar-refractivity contribution < 1.29 is 9.53 Å². The van der Waals surface area contributed by atoms with Gasteiger partial charge in [0.25, 0.3) is 6.01 Å². The van der Waals surface area contributed by atoms with Crippen molar-refractivity contribution in [3.8, 4) is 6.01 Å². The van der Waals surface area contributed by atoms with E-state index in [0.717, 1.165) is 12.1 Å². The largest absolute Gasteiger partial charge is 0.465 e. The Balaban J connectivity index is 2.00. The predicted octanol–water partition coefficient (Wildman–Crippen LogP) is 3.61. The topological polar surface area (TPSA) is 57.0 Å². The lowest BCUT2D eigenvalue weighted by Gasteiger charge is -2.22. The Hall–Kier alpha value is -1.91. The lowest BCUT2D eigenvalue weighted by atomic mass is 9.89. The van der Waals surface area contributed by atoms with Crippen LogP contribution in [0.15, 0.2) is 12.3 Å². The number of carbonyl (C=O) groups excluding carboxylic acids is 1. The van der Waals surface area contributed by atoms with Gasteiger partial charge in [-0.3, -0.25) is 9.36 Å². The van der Waals surface area contributed by atoms with Gasteiger partial charge in [-0.15, -0.1) is 0 Å². The molecule has 5 nitrogen and oxygen atoms in total. The van der Waals surface area contributed by atoms with Gasteiger partial charge in [-0.1, -0.05) is 19.3 Å². The molecule has 2 aromatic heterocycles. The molecule has 0 amide bonds. The summed E-state index contributed by atoms with van der Waals surface area (Å²) in [5.74, 6) is 0.684. The van der Waals surface area contributed by atoms with Gasteiger partial charge in [-0.2, -0.15) is 4.98 Å². The first-order valence-electron chi connectivity index (χ1n) is 8.19. The molecular weight excluding hydrogens is 278 g/mol. The number of Topliss-reactive ketones (excluding diaryl/α,β-unsaturated/α-hetero) is 1. The van der Waals surface area contributed by atoms with E-state index in [-0.39, 0.29) is 5.78 Å². The fourth-order valence-corrected chi connectivity index (χ4v) is 3.22. The molecule has 0 aliphatic heterocycles. The Labute approximate surface area is 130 Å². The zero-order valence-electron chi connectivity index (χ0n) is 13.3. The molecule has 1 fully saturated rings. The third-order valence-corrected chi connectivity index (χ3v) is 4.42. The highest BCUT2D eigenvalue weighted by atomic mass is 16.5. The van der Waals surface area contributed by atoms with Crippen LogP contribution in [0.5, 0.6) is 6.01 Å². The SMILES string of the molecule is CCOc1nc2ncc(C(C)=O)cc2n1CC1CCCCC1. The van der Waals surface area contributed by atoms with Crippen LogP contribution in [0.2, 0.25) is 0 Å². The summed E-state index contributed by atoms with van der Waals surface area (Å²) in [6, 6.07) is 2.51. The summed E-state index contributed by atoms with van der Waals surface area (Å²) >= 11 is 0. The van der Waals surface area contributed by atoms with E-state index in [9.17, 15) is 4.79 Å². The van der Waals surface area contributed by atoms with E-state index in [0.29, 0.717) is 29.7 Å². The van der Waals surface area contributed by atoms with E-state index in [1.807, 2.05) is 13.0 Å². The van der Waals surface area contributed by atoms with Crippen molar-refractivity contribution in [3.63, 3.8) is 0 Å². The molecule has 0 atom stereocenters. The summed E-state index contributed by atoms with van der Waals surface area (Å²) in [5, 5.41) is 0. The average molecular weight is 301 g/mol. The second-order valence-corrected chi connectivity index (χ2v) is 6.06. The van der Waals surface area contributed by atoms with Crippen LogP contribution in [0.25, 0.3) is 11.2 Å². The van der Waals surface area contributed by atoms with Crippen molar-refractivity contribution in [1.82, 2.24) is 14.5 Å². The fourth-order valence-electron chi connectivity index (χ4n) is 3.22. The first-order valence-corrected chi connectivity index (χ1v) is 8.19. The van der Waals surface area contributed by atoms with Crippen molar-refractivity contribution in [3.05, 3.63) is 17.8 Å². The summed E-state index contributed by atoms with van der Waals surface area (Å²) in [4.78, 5) is 20.4. The maximum atomic E-state index is 11.6. The molecule has 3 rings (SSSR count). The molecule has 118 valence electrons. The standard InChI is InChI=1S/C17H23N3O2/c1-3-22-17-19-16-15(9-14(10-18-16)12(2)21)20(17)11-13-7-5-4-6-8-13/h9-10,13H,3-8,11H2,1-2H3. The van der Waals surface area contributed by atoms with Gasteiger partial charge in [0, 0.05) is 18.3 Å². The molecule has 2 aromatic rings. The maximum absolute atomic E-state index is 11.6. The Morgan fingerprint density at radius 2 is 2.14 bits per heavy atom. The average Bonchev–Trinajstić information content (AvgIpc) is 2.86. The Morgan fingerprint density at radius 1 is 1.36 bits per heavy atom. The molecule has 0 aromatic carbocycles. The number of carbonyl (C=O) groups is 1. The molecule has 0 radical (unpaired) electrons. The lowest BCUT2D eigenvalue weighted by Crippen LogP contribution is -2.15. The summed E-state index contributed by atoms with van der Waals surface area (Å²) < 4.78 is 7.80. The van der Waals surface area contributed by atoms with Crippen LogP contribution in [-0.2, 0) is 6.54 Å². The summed E-state index contributed by atoms with van der Waals surface area (Å²) in [5.41, 5.74) is 2.19. The minimum Gasteiger partial charge on any atom is -0.465 e. The van der Waals surface area contributed by atoms with Gasteiger partial charge in [-0.05, 0) is 38.7 Å². The van der Waals surface area contributed by atoms with Gasteiger partial charge < -0.3 is 4.74 Å². The number of rotatable bonds is 5. The van der Waals surface area contributed by atoms with Crippen molar-refractivity contribution in [2.75, 3.05) is 6.61 Å². The highest BCUT2D eigenvalue weighted by molar-refractivity contribution is 5.96. The van der Waals surface area contributed by atoms with Gasteiger partial charge in [0.15, 0.2) is 11.4 Å². The lowest BCUT2D eigenvalue weighted by molar-refractivity contribution is 0.101. The maximum Gasteiger partial charge on any atom is 0.298 e. The number of imidazole rings is 1. The molecule has 1 aliphatic carbocycles. The van der Waals surface area contributed by atoms with Crippen LogP contribution in [0, 0.1) is 5.92 Å². The zero-order chi connectivity index (χ0) is 15.5. The fraction of sp³-hybridized carbons (Fsp3) is 0.588. The van der Waals surface area contributed by atoms with Crippen molar-refractivity contribution in [2.24, 2.45) is 5.92 Å².